The van der Waals surface area contributed by atoms with E-state index >= 15 is 0 Å². The number of benzene rings is 1. The number of nitrogens with zero attached hydrogens (tertiary/aromatic N) is 1. The van der Waals surface area contributed by atoms with Gasteiger partial charge in [-0.25, -0.2) is 4.98 Å². The molecule has 88 valence electrons. The predicted molar refractivity (Wildman–Crippen MR) is 68.0 cm³/mol. The number of carbonyl (C=O) groups is 1. The first-order valence-corrected chi connectivity index (χ1v) is 5.97. The molecule has 0 amide bonds. The second-order valence-corrected chi connectivity index (χ2v) is 4.55. The van der Waals surface area contributed by atoms with Crippen molar-refractivity contribution < 1.29 is 9.53 Å². The maximum absolute atomic E-state index is 12.0. The summed E-state index contributed by atoms with van der Waals surface area (Å²) in [5, 5.41) is 2.38. The summed E-state index contributed by atoms with van der Waals surface area (Å²) >= 11 is 7.17. The summed E-state index contributed by atoms with van der Waals surface area (Å²) in [7, 11) is 1.52. The average molecular weight is 269 g/mol. The summed E-state index contributed by atoms with van der Waals surface area (Å²) in [5.74, 6) is 0.323. The Morgan fingerprint density at radius 2 is 2.29 bits per heavy atom. The van der Waals surface area contributed by atoms with Crippen LogP contribution in [0.15, 0.2) is 23.6 Å². The lowest BCUT2D eigenvalue weighted by molar-refractivity contribution is 0.103. The second kappa shape index (κ2) is 4.73. The molecule has 0 bridgehead atoms. The fraction of sp³-hybridized carbons (Fsp3) is 0.0909. The molecule has 1 aromatic carbocycles. The van der Waals surface area contributed by atoms with E-state index in [4.69, 9.17) is 22.1 Å². The number of thiazole rings is 1. The Kier molecular flexibility index (Phi) is 3.31. The molecule has 1 heterocycles. The van der Waals surface area contributed by atoms with Crippen LogP contribution in [0, 0.1) is 0 Å². The summed E-state index contributed by atoms with van der Waals surface area (Å²) < 4.78 is 5.01. The van der Waals surface area contributed by atoms with Crippen molar-refractivity contribution in [3.63, 3.8) is 0 Å². The molecule has 0 aliphatic carbocycles. The van der Waals surface area contributed by atoms with Gasteiger partial charge in [0, 0.05) is 10.9 Å². The quantitative estimate of drug-likeness (QED) is 0.869. The van der Waals surface area contributed by atoms with Crippen LogP contribution in [0.5, 0.6) is 5.75 Å². The van der Waals surface area contributed by atoms with Gasteiger partial charge in [-0.2, -0.15) is 0 Å². The molecule has 4 nitrogen and oxygen atoms in total. The van der Waals surface area contributed by atoms with Gasteiger partial charge < -0.3 is 10.5 Å². The molecule has 0 aliphatic heterocycles. The largest absolute Gasteiger partial charge is 0.495 e. The number of ketones is 1. The third-order valence-electron chi connectivity index (χ3n) is 2.17. The molecular formula is C11H9ClN2O2S. The van der Waals surface area contributed by atoms with Gasteiger partial charge in [-0.05, 0) is 18.2 Å². The van der Waals surface area contributed by atoms with E-state index in [1.54, 1.807) is 23.6 Å². The third kappa shape index (κ3) is 2.40. The van der Waals surface area contributed by atoms with Crippen molar-refractivity contribution in [3.8, 4) is 5.75 Å². The Labute approximate surface area is 107 Å². The number of hydrogen-bond donors (Lipinski definition) is 1. The van der Waals surface area contributed by atoms with E-state index in [0.717, 1.165) is 0 Å². The van der Waals surface area contributed by atoms with Gasteiger partial charge in [-0.15, -0.1) is 11.3 Å². The molecular weight excluding hydrogens is 260 g/mol. The Morgan fingerprint density at radius 1 is 1.53 bits per heavy atom. The number of nitrogens with two attached hydrogens (primary N) is 1. The maximum atomic E-state index is 12.0. The highest BCUT2D eigenvalue weighted by atomic mass is 35.5. The number of halogens is 1. The van der Waals surface area contributed by atoms with Crippen LogP contribution in [0.4, 0.5) is 5.13 Å². The highest BCUT2D eigenvalue weighted by Crippen LogP contribution is 2.26. The molecule has 2 N–H and O–H groups in total. The fourth-order valence-electron chi connectivity index (χ4n) is 1.35. The van der Waals surface area contributed by atoms with Crippen molar-refractivity contribution in [2.24, 2.45) is 0 Å². The van der Waals surface area contributed by atoms with Crippen molar-refractivity contribution in [2.45, 2.75) is 0 Å². The van der Waals surface area contributed by atoms with Crippen LogP contribution in [0.25, 0.3) is 0 Å². The van der Waals surface area contributed by atoms with Crippen LogP contribution < -0.4 is 10.5 Å². The lowest BCUT2D eigenvalue weighted by Crippen LogP contribution is -2.02. The molecule has 17 heavy (non-hydrogen) atoms. The molecule has 0 aliphatic rings. The van der Waals surface area contributed by atoms with Gasteiger partial charge in [0.1, 0.15) is 11.4 Å². The summed E-state index contributed by atoms with van der Waals surface area (Å²) in [6, 6.07) is 4.84. The van der Waals surface area contributed by atoms with Crippen molar-refractivity contribution in [1.29, 1.82) is 0 Å². The molecule has 6 heteroatoms. The van der Waals surface area contributed by atoms with E-state index in [1.807, 2.05) is 0 Å². The van der Waals surface area contributed by atoms with Gasteiger partial charge in [0.25, 0.3) is 0 Å². The minimum absolute atomic E-state index is 0.206. The fourth-order valence-corrected chi connectivity index (χ4v) is 2.15. The molecule has 0 fully saturated rings. The summed E-state index contributed by atoms with van der Waals surface area (Å²) in [4.78, 5) is 15.9. The maximum Gasteiger partial charge on any atom is 0.212 e. The standard InChI is InChI=1S/C11H9ClN2O2S/c1-16-9-3-2-6(4-7(9)12)10(15)8-5-17-11(13)14-8/h2-5H,1H3,(H2,13,14). The van der Waals surface area contributed by atoms with Gasteiger partial charge in [-0.1, -0.05) is 11.6 Å². The number of nitrogen functional groups attached to an aromatic ring is 1. The van der Waals surface area contributed by atoms with Gasteiger partial charge >= 0.3 is 0 Å². The molecule has 0 radical (unpaired) electrons. The van der Waals surface area contributed by atoms with Crippen molar-refractivity contribution in [2.75, 3.05) is 12.8 Å². The smallest absolute Gasteiger partial charge is 0.212 e. The number of methoxy groups -OCH3 is 1. The Morgan fingerprint density at radius 3 is 2.82 bits per heavy atom. The van der Waals surface area contributed by atoms with E-state index in [2.05, 4.69) is 4.98 Å². The minimum atomic E-state index is -0.206. The topological polar surface area (TPSA) is 65.2 Å². The van der Waals surface area contributed by atoms with Crippen LogP contribution in [0.3, 0.4) is 0 Å². The lowest BCUT2D eigenvalue weighted by Gasteiger charge is -2.04. The van der Waals surface area contributed by atoms with E-state index in [9.17, 15) is 4.79 Å². The third-order valence-corrected chi connectivity index (χ3v) is 3.14. The molecule has 1 aromatic heterocycles. The number of anilines is 1. The normalized spacial score (nSPS) is 10.2. The zero-order valence-corrected chi connectivity index (χ0v) is 10.5. The number of carbonyl (C=O) groups excluding carboxylic acids is 1. The number of aromatic nitrogens is 1. The number of rotatable bonds is 3. The summed E-state index contributed by atoms with van der Waals surface area (Å²) in [6.45, 7) is 0. The van der Waals surface area contributed by atoms with E-state index in [1.165, 1.54) is 18.4 Å². The van der Waals surface area contributed by atoms with Crippen LogP contribution in [0.1, 0.15) is 16.1 Å². The SMILES string of the molecule is COc1ccc(C(=O)c2csc(N)n2)cc1Cl. The Hall–Kier alpha value is -1.59. The monoisotopic (exact) mass is 268 g/mol. The predicted octanol–water partition coefficient (Wildman–Crippen LogP) is 2.62. The highest BCUT2D eigenvalue weighted by Gasteiger charge is 2.14. The number of hydrogen-bond acceptors (Lipinski definition) is 5. The molecule has 0 atom stereocenters. The summed E-state index contributed by atoms with van der Waals surface area (Å²) in [6.07, 6.45) is 0. The van der Waals surface area contributed by atoms with Crippen molar-refractivity contribution in [1.82, 2.24) is 4.98 Å². The molecule has 0 spiro atoms. The lowest BCUT2D eigenvalue weighted by atomic mass is 10.1. The number of ether oxygens (including phenoxy) is 1. The first kappa shape index (κ1) is 11.9. The Balaban J connectivity index is 2.35. The molecule has 0 unspecified atom stereocenters. The van der Waals surface area contributed by atoms with Crippen LogP contribution in [0.2, 0.25) is 5.02 Å². The zero-order valence-electron chi connectivity index (χ0n) is 8.94. The van der Waals surface area contributed by atoms with E-state index < -0.39 is 0 Å². The van der Waals surface area contributed by atoms with Gasteiger partial charge in [-0.3, -0.25) is 4.79 Å². The van der Waals surface area contributed by atoms with E-state index in [0.29, 0.717) is 27.2 Å². The van der Waals surface area contributed by atoms with Gasteiger partial charge in [0.2, 0.25) is 5.78 Å². The minimum Gasteiger partial charge on any atom is -0.495 e. The van der Waals surface area contributed by atoms with Gasteiger partial charge in [0.05, 0.1) is 12.1 Å². The van der Waals surface area contributed by atoms with Crippen LogP contribution in [-0.2, 0) is 0 Å². The molecule has 0 saturated heterocycles. The summed E-state index contributed by atoms with van der Waals surface area (Å²) in [5.41, 5.74) is 6.27. The second-order valence-electron chi connectivity index (χ2n) is 3.25. The average Bonchev–Trinajstić information content (AvgIpc) is 2.75. The molecule has 0 saturated carbocycles. The highest BCUT2D eigenvalue weighted by molar-refractivity contribution is 7.13. The first-order chi connectivity index (χ1) is 8.11. The van der Waals surface area contributed by atoms with Crippen molar-refractivity contribution >= 4 is 33.9 Å². The van der Waals surface area contributed by atoms with Crippen LogP contribution in [-0.4, -0.2) is 17.9 Å². The zero-order chi connectivity index (χ0) is 12.4. The Bertz CT molecular complexity index is 568. The molecule has 2 rings (SSSR count). The molecule has 2 aromatic rings. The first-order valence-electron chi connectivity index (χ1n) is 4.71. The van der Waals surface area contributed by atoms with Crippen molar-refractivity contribution in [3.05, 3.63) is 39.9 Å². The van der Waals surface area contributed by atoms with E-state index in [-0.39, 0.29) is 5.78 Å². The van der Waals surface area contributed by atoms with Crippen LogP contribution >= 0.6 is 22.9 Å². The van der Waals surface area contributed by atoms with Gasteiger partial charge in [0.15, 0.2) is 5.13 Å².